The van der Waals surface area contributed by atoms with E-state index in [-0.39, 0.29) is 11.8 Å². The van der Waals surface area contributed by atoms with Gasteiger partial charge in [-0.15, -0.1) is 0 Å². The predicted molar refractivity (Wildman–Crippen MR) is 75.2 cm³/mol. The van der Waals surface area contributed by atoms with Crippen molar-refractivity contribution in [1.29, 1.82) is 0 Å². The zero-order valence-electron chi connectivity index (χ0n) is 12.3. The van der Waals surface area contributed by atoms with Crippen LogP contribution in [0.2, 0.25) is 0 Å². The normalized spacial score (nSPS) is 29.6. The third-order valence-corrected chi connectivity index (χ3v) is 4.55. The van der Waals surface area contributed by atoms with Crippen LogP contribution in [0.1, 0.15) is 32.6 Å². The number of carbonyl (C=O) groups excluding carboxylic acids is 1. The molecule has 2 unspecified atom stereocenters. The van der Waals surface area contributed by atoms with E-state index in [2.05, 4.69) is 0 Å². The molecule has 4 heteroatoms. The lowest BCUT2D eigenvalue weighted by atomic mass is 9.68. The molecule has 2 atom stereocenters. The molecule has 0 amide bonds. The number of ether oxygens (including phenoxy) is 1. The Labute approximate surface area is 119 Å². The Morgan fingerprint density at radius 2 is 2.10 bits per heavy atom. The maximum absolute atomic E-state index is 12.5. The van der Waals surface area contributed by atoms with Gasteiger partial charge in [-0.2, -0.15) is 0 Å². The summed E-state index contributed by atoms with van der Waals surface area (Å²) < 4.78 is 5.54. The fourth-order valence-electron chi connectivity index (χ4n) is 3.60. The lowest BCUT2D eigenvalue weighted by molar-refractivity contribution is -0.126. The minimum Gasteiger partial charge on any atom is -0.495 e. The van der Waals surface area contributed by atoms with Crippen LogP contribution in [-0.4, -0.2) is 25.1 Å². The molecular formula is C16H21NO3. The number of ketones is 1. The largest absolute Gasteiger partial charge is 0.495 e. The maximum Gasteiger partial charge on any atom is 0.143 e. The van der Waals surface area contributed by atoms with Crippen LogP contribution in [0.3, 0.4) is 0 Å². The molecule has 0 radical (unpaired) electrons. The molecule has 3 aliphatic rings. The first-order valence-electron chi connectivity index (χ1n) is 7.22. The highest BCUT2D eigenvalue weighted by atomic mass is 16.7. The smallest absolute Gasteiger partial charge is 0.143 e. The molecule has 1 heterocycles. The summed E-state index contributed by atoms with van der Waals surface area (Å²) in [6.45, 7) is 2.03. The first-order chi connectivity index (χ1) is 9.65. The van der Waals surface area contributed by atoms with Gasteiger partial charge in [-0.05, 0) is 42.4 Å². The molecule has 1 fully saturated rings. The van der Waals surface area contributed by atoms with Crippen molar-refractivity contribution in [2.24, 2.45) is 11.8 Å². The fraction of sp³-hybridized carbons (Fsp3) is 0.562. The molecule has 0 bridgehead atoms. The highest BCUT2D eigenvalue weighted by Gasteiger charge is 2.40. The van der Waals surface area contributed by atoms with Gasteiger partial charge in [-0.25, -0.2) is 5.06 Å². The van der Waals surface area contributed by atoms with Crippen LogP contribution < -0.4 is 0 Å². The van der Waals surface area contributed by atoms with Gasteiger partial charge < -0.3 is 4.74 Å². The van der Waals surface area contributed by atoms with Crippen LogP contribution in [0.4, 0.5) is 0 Å². The summed E-state index contributed by atoms with van der Waals surface area (Å²) in [5.41, 5.74) is 3.61. The van der Waals surface area contributed by atoms with Crippen LogP contribution in [0.5, 0.6) is 0 Å². The van der Waals surface area contributed by atoms with E-state index < -0.39 is 0 Å². The maximum atomic E-state index is 12.5. The van der Waals surface area contributed by atoms with E-state index in [1.165, 1.54) is 16.7 Å². The summed E-state index contributed by atoms with van der Waals surface area (Å²) >= 11 is 0. The van der Waals surface area contributed by atoms with Crippen molar-refractivity contribution in [3.63, 3.8) is 0 Å². The van der Waals surface area contributed by atoms with Gasteiger partial charge in [0.1, 0.15) is 11.5 Å². The van der Waals surface area contributed by atoms with Crippen molar-refractivity contribution < 1.29 is 14.4 Å². The van der Waals surface area contributed by atoms with Crippen molar-refractivity contribution in [1.82, 2.24) is 5.06 Å². The Morgan fingerprint density at radius 1 is 1.30 bits per heavy atom. The SMILES string of the molecule is COC1=CN(OC)C=C2CC(C)C(=O)C3CCCC1=C23. The molecule has 0 aromatic rings. The zero-order chi connectivity index (χ0) is 14.3. The Bertz CT molecular complexity index is 530. The molecule has 0 spiro atoms. The number of hydroxylamine groups is 2. The third kappa shape index (κ3) is 1.99. The van der Waals surface area contributed by atoms with Crippen molar-refractivity contribution in [2.75, 3.05) is 14.2 Å². The van der Waals surface area contributed by atoms with Crippen molar-refractivity contribution >= 4 is 5.78 Å². The lowest BCUT2D eigenvalue weighted by Crippen LogP contribution is -2.33. The van der Waals surface area contributed by atoms with Crippen molar-refractivity contribution in [3.8, 4) is 0 Å². The number of methoxy groups -OCH3 is 1. The first kappa shape index (κ1) is 13.4. The van der Waals surface area contributed by atoms with E-state index in [1.54, 1.807) is 19.3 Å². The molecule has 1 aliphatic heterocycles. The van der Waals surface area contributed by atoms with Crippen molar-refractivity contribution in [2.45, 2.75) is 32.6 Å². The second-order valence-electron chi connectivity index (χ2n) is 5.74. The fourth-order valence-corrected chi connectivity index (χ4v) is 3.60. The second-order valence-corrected chi connectivity index (χ2v) is 5.74. The Morgan fingerprint density at radius 3 is 2.80 bits per heavy atom. The Balaban J connectivity index is 2.15. The molecule has 1 saturated carbocycles. The van der Waals surface area contributed by atoms with Gasteiger partial charge >= 0.3 is 0 Å². The average Bonchev–Trinajstić information content (AvgIpc) is 2.62. The molecular weight excluding hydrogens is 254 g/mol. The van der Waals surface area contributed by atoms with E-state index >= 15 is 0 Å². The molecule has 3 rings (SSSR count). The molecule has 0 aromatic carbocycles. The number of rotatable bonds is 2. The summed E-state index contributed by atoms with van der Waals surface area (Å²) in [5, 5.41) is 1.69. The van der Waals surface area contributed by atoms with Gasteiger partial charge in [0.15, 0.2) is 0 Å². The van der Waals surface area contributed by atoms with Crippen molar-refractivity contribution in [3.05, 3.63) is 34.9 Å². The number of hydrogen-bond donors (Lipinski definition) is 0. The average molecular weight is 275 g/mol. The Hall–Kier alpha value is -1.55. The standard InChI is InChI=1S/C16H21NO3/c1-10-7-11-8-17(20-3)9-14(19-2)12-5-4-6-13(15(11)12)16(10)18/h8-10,13H,4-7H2,1-3H3. The van der Waals surface area contributed by atoms with E-state index in [4.69, 9.17) is 9.57 Å². The van der Waals surface area contributed by atoms with E-state index in [0.29, 0.717) is 5.78 Å². The number of nitrogens with zero attached hydrogens (tertiary/aromatic N) is 1. The first-order valence-corrected chi connectivity index (χ1v) is 7.22. The molecule has 108 valence electrons. The number of hydrogen-bond acceptors (Lipinski definition) is 4. The van der Waals surface area contributed by atoms with E-state index in [1.807, 2.05) is 19.3 Å². The Kier molecular flexibility index (Phi) is 3.42. The van der Waals surface area contributed by atoms with E-state index in [9.17, 15) is 4.79 Å². The van der Waals surface area contributed by atoms with Gasteiger partial charge in [0, 0.05) is 18.0 Å². The molecule has 2 aliphatic carbocycles. The van der Waals surface area contributed by atoms with Crippen LogP contribution in [-0.2, 0) is 14.4 Å². The quantitative estimate of drug-likeness (QED) is 0.776. The highest BCUT2D eigenvalue weighted by molar-refractivity contribution is 5.90. The number of carbonyl (C=O) groups is 1. The van der Waals surface area contributed by atoms with Crippen LogP contribution in [0.15, 0.2) is 34.9 Å². The van der Waals surface area contributed by atoms with Crippen LogP contribution >= 0.6 is 0 Å². The highest BCUT2D eigenvalue weighted by Crippen LogP contribution is 2.46. The molecule has 0 N–H and O–H groups in total. The topological polar surface area (TPSA) is 38.8 Å². The molecule has 20 heavy (non-hydrogen) atoms. The van der Waals surface area contributed by atoms with Gasteiger partial charge in [-0.1, -0.05) is 6.92 Å². The summed E-state index contributed by atoms with van der Waals surface area (Å²) in [7, 11) is 3.31. The summed E-state index contributed by atoms with van der Waals surface area (Å²) in [4.78, 5) is 17.8. The van der Waals surface area contributed by atoms with Gasteiger partial charge in [0.25, 0.3) is 0 Å². The summed E-state index contributed by atoms with van der Waals surface area (Å²) in [6, 6.07) is 0. The number of Topliss-reactive ketones (excluding diaryl/α,β-unsaturated/α-hetero) is 1. The molecule has 0 saturated heterocycles. The van der Waals surface area contributed by atoms with Crippen LogP contribution in [0.25, 0.3) is 0 Å². The second kappa shape index (κ2) is 5.09. The van der Waals surface area contributed by atoms with E-state index in [0.717, 1.165) is 31.4 Å². The number of allylic oxidation sites excluding steroid dienone is 3. The monoisotopic (exact) mass is 275 g/mol. The lowest BCUT2D eigenvalue weighted by Gasteiger charge is -2.35. The van der Waals surface area contributed by atoms with Gasteiger partial charge in [0.05, 0.1) is 20.4 Å². The predicted octanol–water partition coefficient (Wildman–Crippen LogP) is 2.94. The minimum absolute atomic E-state index is 0.0455. The zero-order valence-corrected chi connectivity index (χ0v) is 12.3. The summed E-state index contributed by atoms with van der Waals surface area (Å²) in [5.74, 6) is 1.34. The molecule has 4 nitrogen and oxygen atoms in total. The summed E-state index contributed by atoms with van der Waals surface area (Å²) in [6.07, 6.45) is 7.64. The third-order valence-electron chi connectivity index (χ3n) is 4.55. The minimum atomic E-state index is 0.0455. The molecule has 0 aromatic heterocycles. The van der Waals surface area contributed by atoms with Gasteiger partial charge in [-0.3, -0.25) is 9.63 Å². The van der Waals surface area contributed by atoms with Gasteiger partial charge in [0.2, 0.25) is 0 Å². The van der Waals surface area contributed by atoms with Crippen LogP contribution in [0, 0.1) is 11.8 Å².